The number of nitrogens with one attached hydrogen (secondary N) is 2. The summed E-state index contributed by atoms with van der Waals surface area (Å²) in [6.07, 6.45) is 4.14. The zero-order chi connectivity index (χ0) is 8.81. The summed E-state index contributed by atoms with van der Waals surface area (Å²) in [5, 5.41) is 6.99. The van der Waals surface area contributed by atoms with Gasteiger partial charge in [0.15, 0.2) is 0 Å². The van der Waals surface area contributed by atoms with Crippen molar-refractivity contribution in [2.75, 3.05) is 19.6 Å². The molecule has 0 radical (unpaired) electrons. The van der Waals surface area contributed by atoms with E-state index in [9.17, 15) is 0 Å². The second kappa shape index (κ2) is 5.55. The van der Waals surface area contributed by atoms with Crippen LogP contribution in [0.25, 0.3) is 0 Å². The minimum Gasteiger partial charge on any atom is -0.317 e. The summed E-state index contributed by atoms with van der Waals surface area (Å²) in [7, 11) is 0. The fourth-order valence-corrected chi connectivity index (χ4v) is 1.88. The van der Waals surface area contributed by atoms with E-state index in [1.807, 2.05) is 0 Å². The highest BCUT2D eigenvalue weighted by Gasteiger charge is 2.18. The van der Waals surface area contributed by atoms with E-state index in [0.29, 0.717) is 0 Å². The molecule has 0 saturated carbocycles. The fraction of sp³-hybridized carbons (Fsp3) is 1.00. The van der Waals surface area contributed by atoms with Gasteiger partial charge in [-0.3, -0.25) is 0 Å². The Balaban J connectivity index is 2.15. The summed E-state index contributed by atoms with van der Waals surface area (Å²) in [5.74, 6) is 0.783. The zero-order valence-electron chi connectivity index (χ0n) is 8.40. The molecule has 1 aliphatic rings. The number of hydrogen-bond donors (Lipinski definition) is 2. The first-order valence-corrected chi connectivity index (χ1v) is 5.28. The van der Waals surface area contributed by atoms with Crippen molar-refractivity contribution in [3.8, 4) is 0 Å². The minimum atomic E-state index is 0.762. The molecule has 0 amide bonds. The maximum Gasteiger partial charge on any atom is 0.0105 e. The van der Waals surface area contributed by atoms with Crippen molar-refractivity contribution >= 4 is 0 Å². The lowest BCUT2D eigenvalue weighted by Gasteiger charge is -2.29. The molecule has 0 aromatic rings. The molecule has 0 bridgehead atoms. The van der Waals surface area contributed by atoms with Crippen LogP contribution in [-0.2, 0) is 0 Å². The van der Waals surface area contributed by atoms with Gasteiger partial charge in [-0.05, 0) is 38.4 Å². The quantitative estimate of drug-likeness (QED) is 0.666. The van der Waals surface area contributed by atoms with Crippen molar-refractivity contribution in [1.82, 2.24) is 10.6 Å². The molecule has 0 spiro atoms. The Kier molecular flexibility index (Phi) is 4.62. The van der Waals surface area contributed by atoms with E-state index in [1.165, 1.54) is 25.8 Å². The second-order valence-corrected chi connectivity index (χ2v) is 3.84. The van der Waals surface area contributed by atoms with Crippen LogP contribution < -0.4 is 10.6 Å². The molecule has 2 atom stereocenters. The topological polar surface area (TPSA) is 24.1 Å². The maximum absolute atomic E-state index is 3.59. The molecule has 0 unspecified atom stereocenters. The Morgan fingerprint density at radius 2 is 2.33 bits per heavy atom. The number of piperidine rings is 1. The normalized spacial score (nSPS) is 27.0. The van der Waals surface area contributed by atoms with Crippen LogP contribution in [0.1, 0.15) is 33.1 Å². The van der Waals surface area contributed by atoms with Crippen LogP contribution in [0.3, 0.4) is 0 Å². The van der Waals surface area contributed by atoms with E-state index in [0.717, 1.165) is 25.0 Å². The molecule has 0 aromatic carbocycles. The summed E-state index contributed by atoms with van der Waals surface area (Å²) in [6, 6.07) is 0.762. The van der Waals surface area contributed by atoms with E-state index < -0.39 is 0 Å². The Bertz CT molecular complexity index is 108. The largest absolute Gasteiger partial charge is 0.317 e. The second-order valence-electron chi connectivity index (χ2n) is 3.84. The average Bonchev–Trinajstić information content (AvgIpc) is 2.15. The first-order valence-electron chi connectivity index (χ1n) is 5.28. The van der Waals surface area contributed by atoms with Gasteiger partial charge in [-0.1, -0.05) is 20.3 Å². The molecule has 2 nitrogen and oxygen atoms in total. The monoisotopic (exact) mass is 170 g/mol. The van der Waals surface area contributed by atoms with E-state index in [4.69, 9.17) is 0 Å². The van der Waals surface area contributed by atoms with Crippen LogP contribution in [0.4, 0.5) is 0 Å². The lowest BCUT2D eigenvalue weighted by molar-refractivity contribution is 0.303. The molecule has 72 valence electrons. The predicted octanol–water partition coefficient (Wildman–Crippen LogP) is 1.37. The first-order chi connectivity index (χ1) is 5.84. The molecule has 1 fully saturated rings. The molecular formula is C10H22N2. The van der Waals surface area contributed by atoms with Crippen molar-refractivity contribution < 1.29 is 0 Å². The van der Waals surface area contributed by atoms with Crippen molar-refractivity contribution in [2.24, 2.45) is 5.92 Å². The fourth-order valence-electron chi connectivity index (χ4n) is 1.88. The molecule has 2 heteroatoms. The van der Waals surface area contributed by atoms with Crippen LogP contribution in [0.5, 0.6) is 0 Å². The average molecular weight is 170 g/mol. The third kappa shape index (κ3) is 3.11. The summed E-state index contributed by atoms with van der Waals surface area (Å²) < 4.78 is 0. The van der Waals surface area contributed by atoms with Crippen LogP contribution in [0.2, 0.25) is 0 Å². The lowest BCUT2D eigenvalue weighted by Crippen LogP contribution is -2.42. The van der Waals surface area contributed by atoms with Crippen LogP contribution in [0, 0.1) is 5.92 Å². The Morgan fingerprint density at radius 3 is 2.92 bits per heavy atom. The molecule has 0 aliphatic carbocycles. The molecule has 1 rings (SSSR count). The molecular weight excluding hydrogens is 148 g/mol. The van der Waals surface area contributed by atoms with E-state index in [2.05, 4.69) is 24.5 Å². The SMILES string of the molecule is CCNC[C@@H](C)[C@@H]1CCCCN1. The summed E-state index contributed by atoms with van der Waals surface area (Å²) in [5.41, 5.74) is 0. The molecule has 12 heavy (non-hydrogen) atoms. The third-order valence-electron chi connectivity index (χ3n) is 2.75. The van der Waals surface area contributed by atoms with Crippen molar-refractivity contribution in [1.29, 1.82) is 0 Å². The molecule has 1 aliphatic heterocycles. The third-order valence-corrected chi connectivity index (χ3v) is 2.75. The van der Waals surface area contributed by atoms with Gasteiger partial charge in [-0.25, -0.2) is 0 Å². The summed E-state index contributed by atoms with van der Waals surface area (Å²) in [6.45, 7) is 7.99. The number of hydrogen-bond acceptors (Lipinski definition) is 2. The van der Waals surface area contributed by atoms with Gasteiger partial charge in [-0.15, -0.1) is 0 Å². The van der Waals surface area contributed by atoms with Gasteiger partial charge in [-0.2, -0.15) is 0 Å². The van der Waals surface area contributed by atoms with Gasteiger partial charge < -0.3 is 10.6 Å². The highest BCUT2D eigenvalue weighted by atomic mass is 14.9. The van der Waals surface area contributed by atoms with E-state index in [-0.39, 0.29) is 0 Å². The van der Waals surface area contributed by atoms with Gasteiger partial charge in [0.2, 0.25) is 0 Å². The standard InChI is InChI=1S/C10H22N2/c1-3-11-8-9(2)10-6-4-5-7-12-10/h9-12H,3-8H2,1-2H3/t9-,10+/m1/s1. The van der Waals surface area contributed by atoms with Crippen LogP contribution in [-0.4, -0.2) is 25.7 Å². The summed E-state index contributed by atoms with van der Waals surface area (Å²) >= 11 is 0. The Hall–Kier alpha value is -0.0800. The highest BCUT2D eigenvalue weighted by molar-refractivity contribution is 4.78. The molecule has 1 heterocycles. The van der Waals surface area contributed by atoms with E-state index in [1.54, 1.807) is 0 Å². The Morgan fingerprint density at radius 1 is 1.50 bits per heavy atom. The van der Waals surface area contributed by atoms with Crippen molar-refractivity contribution in [3.63, 3.8) is 0 Å². The van der Waals surface area contributed by atoms with Gasteiger partial charge >= 0.3 is 0 Å². The van der Waals surface area contributed by atoms with Crippen LogP contribution in [0.15, 0.2) is 0 Å². The lowest BCUT2D eigenvalue weighted by atomic mass is 9.93. The number of rotatable bonds is 4. The van der Waals surface area contributed by atoms with Crippen LogP contribution >= 0.6 is 0 Å². The van der Waals surface area contributed by atoms with Gasteiger partial charge in [0.05, 0.1) is 0 Å². The minimum absolute atomic E-state index is 0.762. The van der Waals surface area contributed by atoms with Gasteiger partial charge in [0.1, 0.15) is 0 Å². The molecule has 0 aromatic heterocycles. The van der Waals surface area contributed by atoms with Gasteiger partial charge in [0, 0.05) is 6.04 Å². The highest BCUT2D eigenvalue weighted by Crippen LogP contribution is 2.14. The maximum atomic E-state index is 3.59. The van der Waals surface area contributed by atoms with Crippen molar-refractivity contribution in [3.05, 3.63) is 0 Å². The smallest absolute Gasteiger partial charge is 0.0105 e. The van der Waals surface area contributed by atoms with Gasteiger partial charge in [0.25, 0.3) is 0 Å². The molecule has 1 saturated heterocycles. The van der Waals surface area contributed by atoms with E-state index >= 15 is 0 Å². The predicted molar refractivity (Wildman–Crippen MR) is 53.3 cm³/mol. The summed E-state index contributed by atoms with van der Waals surface area (Å²) in [4.78, 5) is 0. The molecule has 2 N–H and O–H groups in total. The first kappa shape index (κ1) is 10.0. The van der Waals surface area contributed by atoms with Crippen molar-refractivity contribution in [2.45, 2.75) is 39.2 Å². The Labute approximate surface area is 76.1 Å². The zero-order valence-corrected chi connectivity index (χ0v) is 8.40.